The molecule has 10 nitrogen and oxygen atoms in total. The molecule has 2 unspecified atom stereocenters. The van der Waals surface area contributed by atoms with Gasteiger partial charge in [-0.05, 0) is 22.5 Å². The summed E-state index contributed by atoms with van der Waals surface area (Å²) in [6.45, 7) is 7.26. The van der Waals surface area contributed by atoms with Gasteiger partial charge in [0.1, 0.15) is 23.4 Å². The molecular formula is C24H30ClF2N2O8P. The Morgan fingerprint density at radius 1 is 1.32 bits per heavy atom. The van der Waals surface area contributed by atoms with Crippen LogP contribution in [-0.4, -0.2) is 33.2 Å². The summed E-state index contributed by atoms with van der Waals surface area (Å²) >= 11 is 5.69. The number of aromatic amines is 1. The van der Waals surface area contributed by atoms with E-state index in [0.29, 0.717) is 17.3 Å². The summed E-state index contributed by atoms with van der Waals surface area (Å²) in [6, 6.07) is 3.19. The Balaban J connectivity index is 1.71. The normalized spacial score (nSPS) is 33.2. The number of phosphoric ester groups is 1. The van der Waals surface area contributed by atoms with Gasteiger partial charge in [-0.2, -0.15) is 0 Å². The van der Waals surface area contributed by atoms with Crippen LogP contribution in [0.3, 0.4) is 0 Å². The van der Waals surface area contributed by atoms with Crippen LogP contribution in [-0.2, 0) is 29.2 Å². The molecule has 4 rings (SSSR count). The zero-order chi connectivity index (χ0) is 31.1. The maximum atomic E-state index is 16.1. The predicted octanol–water partition coefficient (Wildman–Crippen LogP) is 4.93. The molecule has 2 aliphatic heterocycles. The molecule has 1 fully saturated rings. The third-order valence-corrected chi connectivity index (χ3v) is 7.35. The molecule has 0 spiro atoms. The number of rotatable bonds is 4. The number of phosphoric acid groups is 1. The number of aliphatic hydroxyl groups is 1. The van der Waals surface area contributed by atoms with Crippen molar-refractivity contribution in [2.45, 2.75) is 83.3 Å². The molecule has 2 aliphatic rings. The highest BCUT2D eigenvalue weighted by atomic mass is 35.5. The molecule has 0 saturated carbocycles. The Morgan fingerprint density at radius 3 is 2.58 bits per heavy atom. The van der Waals surface area contributed by atoms with E-state index in [1.165, 1.54) is 6.07 Å². The zero-order valence-corrected chi connectivity index (χ0v) is 23.1. The van der Waals surface area contributed by atoms with E-state index < -0.39 is 72.4 Å². The van der Waals surface area contributed by atoms with E-state index in [0.717, 1.165) is 0 Å². The van der Waals surface area contributed by atoms with Crippen molar-refractivity contribution in [2.75, 3.05) is 6.56 Å². The van der Waals surface area contributed by atoms with E-state index in [1.807, 2.05) is 20.8 Å². The van der Waals surface area contributed by atoms with Crippen molar-refractivity contribution in [3.63, 3.8) is 0 Å². The summed E-state index contributed by atoms with van der Waals surface area (Å²) in [6.07, 6.45) is -8.45. The molecule has 0 bridgehead atoms. The first-order valence-corrected chi connectivity index (χ1v) is 13.4. The summed E-state index contributed by atoms with van der Waals surface area (Å²) in [4.78, 5) is 25.6. The molecule has 0 amide bonds. The monoisotopic (exact) mass is 581 g/mol. The number of H-pyrrole nitrogens is 1. The van der Waals surface area contributed by atoms with E-state index in [4.69, 9.17) is 34.0 Å². The zero-order valence-electron chi connectivity index (χ0n) is 24.4. The quantitative estimate of drug-likeness (QED) is 0.486. The highest BCUT2D eigenvalue weighted by Crippen LogP contribution is 2.61. The van der Waals surface area contributed by atoms with Crippen LogP contribution in [0.4, 0.5) is 8.78 Å². The Morgan fingerprint density at radius 2 is 1.97 bits per heavy atom. The lowest BCUT2D eigenvalue weighted by molar-refractivity contribution is -0.180. The minimum Gasteiger partial charge on any atom is -0.403 e. The Labute approximate surface area is 226 Å². The molecule has 5 atom stereocenters. The van der Waals surface area contributed by atoms with E-state index in [9.17, 15) is 19.3 Å². The average molecular weight is 582 g/mol. The first-order chi connectivity index (χ1) is 18.4. The van der Waals surface area contributed by atoms with Gasteiger partial charge in [-0.1, -0.05) is 59.2 Å². The third-order valence-electron chi connectivity index (χ3n) is 5.91. The fraction of sp³-hybridized carbons (Fsp3) is 0.583. The number of nitrogens with zero attached hydrogens (tertiary/aromatic N) is 1. The van der Waals surface area contributed by atoms with Gasteiger partial charge in [-0.25, -0.2) is 22.7 Å². The maximum absolute atomic E-state index is 16.1. The number of nitrogens with one attached hydrogen (secondary N) is 1. The van der Waals surface area contributed by atoms with Gasteiger partial charge in [0.25, 0.3) is 5.56 Å². The molecule has 0 aliphatic carbocycles. The lowest BCUT2D eigenvalue weighted by Crippen LogP contribution is -2.36. The molecule has 210 valence electrons. The fourth-order valence-corrected chi connectivity index (χ4v) is 5.16. The summed E-state index contributed by atoms with van der Waals surface area (Å²) < 4.78 is 90.1. The van der Waals surface area contributed by atoms with Crippen LogP contribution >= 0.6 is 19.4 Å². The molecule has 2 aromatic rings. The standard InChI is InChI=1S/C24H30ClF2N2O8P/c1-22(2,3)12-7-13-17(14(8-12)23(4,5)6)36-38(33,37-18(13)26)34-11-24(27)9-16(30)20(35-24)29-10-15(25)19(31)28-21(29)32/h7-8,10,16,18,20,30H,9,11H2,1-6H3,(H,28,31,32)/t16-,18?,20-,24+,38?/m1/s1/i11D2,20D. The van der Waals surface area contributed by atoms with Crippen molar-refractivity contribution >= 4 is 19.4 Å². The van der Waals surface area contributed by atoms with Crippen LogP contribution in [0.5, 0.6) is 5.75 Å². The summed E-state index contributed by atoms with van der Waals surface area (Å²) in [5.74, 6) is -4.00. The van der Waals surface area contributed by atoms with Crippen LogP contribution in [0.15, 0.2) is 27.9 Å². The number of aromatic nitrogens is 2. The number of hydrogen-bond acceptors (Lipinski definition) is 8. The van der Waals surface area contributed by atoms with Crippen molar-refractivity contribution in [3.8, 4) is 5.75 Å². The van der Waals surface area contributed by atoms with Gasteiger partial charge < -0.3 is 14.4 Å². The van der Waals surface area contributed by atoms with Gasteiger partial charge in [0.05, 0.1) is 9.68 Å². The Bertz CT molecular complexity index is 1560. The lowest BCUT2D eigenvalue weighted by Gasteiger charge is -2.34. The predicted molar refractivity (Wildman–Crippen MR) is 134 cm³/mol. The first kappa shape index (κ1) is 24.9. The van der Waals surface area contributed by atoms with E-state index >= 15 is 8.78 Å². The van der Waals surface area contributed by atoms with E-state index in [2.05, 4.69) is 0 Å². The SMILES string of the molecule is [2H]C([2H])(OP1(=O)Oc2c(cc(C(C)(C)C)cc2C(C)(C)C)C(F)O1)[C@]1(F)C[C@@H](O)[C@]([2H])(n2cc(Cl)c(=O)[nH]c2=O)O1. The number of benzene rings is 1. The third kappa shape index (κ3) is 5.61. The van der Waals surface area contributed by atoms with Gasteiger partial charge in [0.2, 0.25) is 12.2 Å². The minimum atomic E-state index is -5.28. The van der Waals surface area contributed by atoms with Gasteiger partial charge in [-0.15, -0.1) is 0 Å². The minimum absolute atomic E-state index is 0.125. The number of hydrogen-bond donors (Lipinski definition) is 2. The summed E-state index contributed by atoms with van der Waals surface area (Å²) in [5, 5.41) is 9.87. The molecule has 38 heavy (non-hydrogen) atoms. The smallest absolute Gasteiger partial charge is 0.403 e. The Hall–Kier alpha value is -2.08. The van der Waals surface area contributed by atoms with Crippen LogP contribution in [0.25, 0.3) is 0 Å². The number of halogens is 3. The molecule has 14 heteroatoms. The van der Waals surface area contributed by atoms with Crippen molar-refractivity contribution < 1.29 is 40.9 Å². The maximum Gasteiger partial charge on any atom is 0.533 e. The fourth-order valence-electron chi connectivity index (χ4n) is 3.87. The van der Waals surface area contributed by atoms with Crippen molar-refractivity contribution in [3.05, 3.63) is 60.9 Å². The van der Waals surface area contributed by atoms with Gasteiger partial charge in [0.15, 0.2) is 6.20 Å². The highest BCUT2D eigenvalue weighted by Gasteiger charge is 2.51. The van der Waals surface area contributed by atoms with Crippen LogP contribution in [0.2, 0.25) is 5.02 Å². The van der Waals surface area contributed by atoms with Crippen molar-refractivity contribution in [1.29, 1.82) is 0 Å². The van der Waals surface area contributed by atoms with E-state index in [-0.39, 0.29) is 15.9 Å². The second kappa shape index (κ2) is 9.53. The molecule has 3 heterocycles. The topological polar surface area (TPSA) is 129 Å². The van der Waals surface area contributed by atoms with Gasteiger partial charge in [-0.3, -0.25) is 18.9 Å². The van der Waals surface area contributed by atoms with Crippen LogP contribution < -0.4 is 15.8 Å². The molecule has 1 aromatic carbocycles. The summed E-state index contributed by atoms with van der Waals surface area (Å²) in [5.41, 5.74) is -2.49. The van der Waals surface area contributed by atoms with Crippen molar-refractivity contribution in [2.24, 2.45) is 0 Å². The van der Waals surface area contributed by atoms with Gasteiger partial charge >= 0.3 is 13.5 Å². The molecule has 1 aromatic heterocycles. The largest absolute Gasteiger partial charge is 0.533 e. The number of fused-ring (bicyclic) bond motifs is 1. The second-order valence-corrected chi connectivity index (χ2v) is 13.0. The van der Waals surface area contributed by atoms with E-state index in [1.54, 1.807) is 31.8 Å². The Kier molecular flexibility index (Phi) is 6.25. The molecule has 2 N–H and O–H groups in total. The van der Waals surface area contributed by atoms with Crippen LogP contribution in [0, 0.1) is 0 Å². The average Bonchev–Trinajstić information content (AvgIpc) is 3.03. The van der Waals surface area contributed by atoms with Crippen LogP contribution in [0.1, 0.15) is 81.3 Å². The number of ether oxygens (including phenoxy) is 1. The van der Waals surface area contributed by atoms with Gasteiger partial charge in [0, 0.05) is 18.2 Å². The van der Waals surface area contributed by atoms with Crippen molar-refractivity contribution in [1.82, 2.24) is 9.55 Å². The molecular weight excluding hydrogens is 549 g/mol. The number of alkyl halides is 2. The summed E-state index contributed by atoms with van der Waals surface area (Å²) in [7, 11) is -5.28. The second-order valence-electron chi connectivity index (χ2n) is 11.1. The number of aliphatic hydroxyl groups excluding tert-OH is 1. The molecule has 1 saturated heterocycles. The molecule has 0 radical (unpaired) electrons. The first-order valence-electron chi connectivity index (χ1n) is 13.0. The lowest BCUT2D eigenvalue weighted by atomic mass is 9.79. The highest BCUT2D eigenvalue weighted by molar-refractivity contribution is 7.49.